The zero-order valence-electron chi connectivity index (χ0n) is 8.53. The molecule has 0 aliphatic carbocycles. The molecule has 0 aromatic heterocycles. The second-order valence-electron chi connectivity index (χ2n) is 3.03. The SMILES string of the molecule is COc1ccc(C#N)c(NN(C)C)c1. The molecule has 4 heteroatoms. The van der Waals surface area contributed by atoms with Crippen LogP contribution in [0.15, 0.2) is 18.2 Å². The predicted octanol–water partition coefficient (Wildman–Crippen LogP) is 1.46. The van der Waals surface area contributed by atoms with Crippen molar-refractivity contribution in [2.24, 2.45) is 0 Å². The summed E-state index contributed by atoms with van der Waals surface area (Å²) in [7, 11) is 5.32. The average molecular weight is 191 g/mol. The van der Waals surface area contributed by atoms with Crippen LogP contribution in [0.4, 0.5) is 5.69 Å². The molecule has 4 nitrogen and oxygen atoms in total. The molecule has 0 atom stereocenters. The van der Waals surface area contributed by atoms with Crippen LogP contribution >= 0.6 is 0 Å². The molecule has 0 spiro atoms. The Morgan fingerprint density at radius 3 is 2.64 bits per heavy atom. The molecule has 14 heavy (non-hydrogen) atoms. The Hall–Kier alpha value is -1.73. The van der Waals surface area contributed by atoms with Crippen molar-refractivity contribution in [1.29, 1.82) is 5.26 Å². The summed E-state index contributed by atoms with van der Waals surface area (Å²) in [5, 5.41) is 10.6. The van der Waals surface area contributed by atoms with Gasteiger partial charge in [-0.1, -0.05) is 0 Å². The van der Waals surface area contributed by atoms with E-state index in [0.717, 1.165) is 11.4 Å². The van der Waals surface area contributed by atoms with Crippen molar-refractivity contribution in [3.63, 3.8) is 0 Å². The highest BCUT2D eigenvalue weighted by molar-refractivity contribution is 5.59. The van der Waals surface area contributed by atoms with E-state index in [0.29, 0.717) is 5.56 Å². The third-order valence-corrected chi connectivity index (χ3v) is 1.69. The smallest absolute Gasteiger partial charge is 0.121 e. The maximum Gasteiger partial charge on any atom is 0.121 e. The summed E-state index contributed by atoms with van der Waals surface area (Å²) in [6.07, 6.45) is 0. The molecule has 0 heterocycles. The number of benzene rings is 1. The van der Waals surface area contributed by atoms with Crippen molar-refractivity contribution in [1.82, 2.24) is 5.01 Å². The number of nitriles is 1. The van der Waals surface area contributed by atoms with E-state index in [1.54, 1.807) is 30.3 Å². The molecular weight excluding hydrogens is 178 g/mol. The summed E-state index contributed by atoms with van der Waals surface area (Å²) < 4.78 is 5.07. The van der Waals surface area contributed by atoms with E-state index in [1.165, 1.54) is 0 Å². The van der Waals surface area contributed by atoms with Crippen LogP contribution in [-0.4, -0.2) is 26.2 Å². The van der Waals surface area contributed by atoms with E-state index >= 15 is 0 Å². The Morgan fingerprint density at radius 2 is 2.14 bits per heavy atom. The lowest BCUT2D eigenvalue weighted by atomic mass is 10.2. The molecule has 0 aliphatic heterocycles. The molecular formula is C10H13N3O. The quantitative estimate of drug-likeness (QED) is 0.735. The zero-order chi connectivity index (χ0) is 10.6. The first-order valence-electron chi connectivity index (χ1n) is 4.19. The van der Waals surface area contributed by atoms with Crippen LogP contribution in [-0.2, 0) is 0 Å². The molecule has 0 unspecified atom stereocenters. The van der Waals surface area contributed by atoms with E-state index in [4.69, 9.17) is 10.00 Å². The topological polar surface area (TPSA) is 48.3 Å². The molecule has 0 saturated heterocycles. The highest BCUT2D eigenvalue weighted by atomic mass is 16.5. The monoisotopic (exact) mass is 191 g/mol. The molecule has 0 saturated carbocycles. The largest absolute Gasteiger partial charge is 0.497 e. The second kappa shape index (κ2) is 4.49. The minimum atomic E-state index is 0.597. The molecule has 0 radical (unpaired) electrons. The van der Waals surface area contributed by atoms with Gasteiger partial charge in [-0.2, -0.15) is 5.26 Å². The number of hydrogen-bond acceptors (Lipinski definition) is 4. The van der Waals surface area contributed by atoms with Gasteiger partial charge >= 0.3 is 0 Å². The van der Waals surface area contributed by atoms with Gasteiger partial charge in [0.2, 0.25) is 0 Å². The van der Waals surface area contributed by atoms with E-state index in [1.807, 2.05) is 14.1 Å². The molecule has 1 aromatic carbocycles. The molecule has 0 amide bonds. The van der Waals surface area contributed by atoms with Crippen LogP contribution in [0, 0.1) is 11.3 Å². The molecule has 1 rings (SSSR count). The van der Waals surface area contributed by atoms with E-state index in [9.17, 15) is 0 Å². The maximum atomic E-state index is 8.85. The number of nitrogens with one attached hydrogen (secondary N) is 1. The van der Waals surface area contributed by atoms with Gasteiger partial charge in [0.15, 0.2) is 0 Å². The predicted molar refractivity (Wildman–Crippen MR) is 55.0 cm³/mol. The van der Waals surface area contributed by atoms with Crippen LogP contribution in [0.25, 0.3) is 0 Å². The van der Waals surface area contributed by atoms with Gasteiger partial charge in [0.05, 0.1) is 18.4 Å². The fourth-order valence-corrected chi connectivity index (χ4v) is 1.08. The first kappa shape index (κ1) is 10.4. The van der Waals surface area contributed by atoms with Crippen LogP contribution in [0.5, 0.6) is 5.75 Å². The number of rotatable bonds is 3. The first-order valence-corrected chi connectivity index (χ1v) is 4.19. The molecule has 0 bridgehead atoms. The van der Waals surface area contributed by atoms with Crippen molar-refractivity contribution in [2.75, 3.05) is 26.6 Å². The second-order valence-corrected chi connectivity index (χ2v) is 3.03. The zero-order valence-corrected chi connectivity index (χ0v) is 8.53. The van der Waals surface area contributed by atoms with Crippen molar-refractivity contribution in [2.45, 2.75) is 0 Å². The summed E-state index contributed by atoms with van der Waals surface area (Å²) in [6.45, 7) is 0. The van der Waals surface area contributed by atoms with Gasteiger partial charge in [-0.05, 0) is 12.1 Å². The maximum absolute atomic E-state index is 8.85. The highest BCUT2D eigenvalue weighted by Crippen LogP contribution is 2.21. The summed E-state index contributed by atoms with van der Waals surface area (Å²) in [6, 6.07) is 7.39. The van der Waals surface area contributed by atoms with Gasteiger partial charge in [0.25, 0.3) is 0 Å². The van der Waals surface area contributed by atoms with Gasteiger partial charge in [0.1, 0.15) is 11.8 Å². The third-order valence-electron chi connectivity index (χ3n) is 1.69. The number of hydrazine groups is 1. The first-order chi connectivity index (χ1) is 6.67. The van der Waals surface area contributed by atoms with Crippen LogP contribution in [0.2, 0.25) is 0 Å². The normalized spacial score (nSPS) is 9.64. The molecule has 1 aromatic rings. The van der Waals surface area contributed by atoms with E-state index in [2.05, 4.69) is 11.5 Å². The summed E-state index contributed by atoms with van der Waals surface area (Å²) >= 11 is 0. The minimum Gasteiger partial charge on any atom is -0.497 e. The van der Waals surface area contributed by atoms with Crippen molar-refractivity contribution < 1.29 is 4.74 Å². The van der Waals surface area contributed by atoms with Crippen molar-refractivity contribution in [3.05, 3.63) is 23.8 Å². The summed E-state index contributed by atoms with van der Waals surface area (Å²) in [4.78, 5) is 0. The van der Waals surface area contributed by atoms with Gasteiger partial charge in [-0.15, -0.1) is 0 Å². The lowest BCUT2D eigenvalue weighted by molar-refractivity contribution is 0.414. The fraction of sp³-hybridized carbons (Fsp3) is 0.300. The molecule has 0 aliphatic rings. The Kier molecular flexibility index (Phi) is 3.32. The van der Waals surface area contributed by atoms with Crippen LogP contribution in [0.1, 0.15) is 5.56 Å². The van der Waals surface area contributed by atoms with E-state index in [-0.39, 0.29) is 0 Å². The number of nitrogens with zero attached hydrogens (tertiary/aromatic N) is 2. The fourth-order valence-electron chi connectivity index (χ4n) is 1.08. The van der Waals surface area contributed by atoms with Gasteiger partial charge in [0, 0.05) is 20.2 Å². The number of methoxy groups -OCH3 is 1. The van der Waals surface area contributed by atoms with Crippen LogP contribution < -0.4 is 10.2 Å². The number of anilines is 1. The van der Waals surface area contributed by atoms with Gasteiger partial charge in [-0.25, -0.2) is 5.01 Å². The molecule has 0 fully saturated rings. The third kappa shape index (κ3) is 2.38. The lowest BCUT2D eigenvalue weighted by Gasteiger charge is -2.15. The Bertz CT molecular complexity index is 355. The molecule has 1 N–H and O–H groups in total. The average Bonchev–Trinajstić information content (AvgIpc) is 2.16. The highest BCUT2D eigenvalue weighted by Gasteiger charge is 2.03. The van der Waals surface area contributed by atoms with Crippen molar-refractivity contribution in [3.8, 4) is 11.8 Å². The van der Waals surface area contributed by atoms with Gasteiger partial charge in [-0.3, -0.25) is 0 Å². The number of hydrogen-bond donors (Lipinski definition) is 1. The summed E-state index contributed by atoms with van der Waals surface area (Å²) in [5.41, 5.74) is 4.37. The van der Waals surface area contributed by atoms with Crippen LogP contribution in [0.3, 0.4) is 0 Å². The minimum absolute atomic E-state index is 0.597. The Morgan fingerprint density at radius 1 is 1.43 bits per heavy atom. The number of ether oxygens (including phenoxy) is 1. The van der Waals surface area contributed by atoms with E-state index < -0.39 is 0 Å². The van der Waals surface area contributed by atoms with Gasteiger partial charge < -0.3 is 10.2 Å². The Labute approximate surface area is 83.7 Å². The summed E-state index contributed by atoms with van der Waals surface area (Å²) in [5.74, 6) is 0.730. The standard InChI is InChI=1S/C10H13N3O/c1-13(2)12-10-6-9(14-3)5-4-8(10)7-11/h4-6,12H,1-3H3. The lowest BCUT2D eigenvalue weighted by Crippen LogP contribution is -2.20. The Balaban J connectivity index is 3.03. The molecule has 74 valence electrons. The van der Waals surface area contributed by atoms with Crippen molar-refractivity contribution >= 4 is 5.69 Å².